The first-order chi connectivity index (χ1) is 13.1. The van der Waals surface area contributed by atoms with E-state index in [0.29, 0.717) is 5.69 Å². The fourth-order valence-electron chi connectivity index (χ4n) is 2.34. The van der Waals surface area contributed by atoms with Gasteiger partial charge in [0.2, 0.25) is 5.91 Å². The average molecular weight is 384 g/mol. The lowest BCUT2D eigenvalue weighted by molar-refractivity contribution is -0.384. The second-order valence-electron chi connectivity index (χ2n) is 5.50. The van der Waals surface area contributed by atoms with Crippen molar-refractivity contribution in [2.24, 2.45) is 0 Å². The van der Waals surface area contributed by atoms with Gasteiger partial charge in [-0.25, -0.2) is 4.98 Å². The lowest BCUT2D eigenvalue weighted by atomic mass is 10.2. The molecule has 0 aliphatic heterocycles. The molecule has 1 heterocycles. The van der Waals surface area contributed by atoms with Crippen LogP contribution in [0, 0.1) is 10.1 Å². The van der Waals surface area contributed by atoms with Crippen LogP contribution in [0.25, 0.3) is 10.6 Å². The fourth-order valence-corrected chi connectivity index (χ4v) is 3.16. The van der Waals surface area contributed by atoms with Crippen LogP contribution in [-0.2, 0) is 11.2 Å². The molecule has 0 atom stereocenters. The number of nitrogens with one attached hydrogen (secondary N) is 2. The maximum absolute atomic E-state index is 12.1. The predicted octanol–water partition coefficient (Wildman–Crippen LogP) is 3.41. The Hall–Kier alpha value is -3.46. The van der Waals surface area contributed by atoms with Gasteiger partial charge in [-0.3, -0.25) is 25.8 Å². The van der Waals surface area contributed by atoms with E-state index in [9.17, 15) is 14.9 Å². The number of rotatable bonds is 7. The maximum atomic E-state index is 12.1. The molecular weight excluding hydrogens is 368 g/mol. The summed E-state index contributed by atoms with van der Waals surface area (Å²) in [6.45, 7) is 0. The van der Waals surface area contributed by atoms with Crippen molar-refractivity contribution in [3.8, 4) is 16.3 Å². The van der Waals surface area contributed by atoms with Gasteiger partial charge < -0.3 is 4.74 Å². The van der Waals surface area contributed by atoms with Crippen LogP contribution < -0.4 is 15.6 Å². The Bertz CT molecular complexity index is 956. The summed E-state index contributed by atoms with van der Waals surface area (Å²) in [7, 11) is 1.60. The SMILES string of the molecule is COc1ccc(-c2nc(CC(=O)NNc3ccccc3[N+](=O)[O-])cs2)cc1. The zero-order chi connectivity index (χ0) is 19.2. The van der Waals surface area contributed by atoms with Gasteiger partial charge in [-0.1, -0.05) is 12.1 Å². The van der Waals surface area contributed by atoms with E-state index in [-0.39, 0.29) is 23.7 Å². The van der Waals surface area contributed by atoms with Crippen LogP contribution in [0.2, 0.25) is 0 Å². The Morgan fingerprint density at radius 1 is 1.22 bits per heavy atom. The number of hydrogen-bond acceptors (Lipinski definition) is 7. The number of amides is 1. The third-order valence-electron chi connectivity index (χ3n) is 3.67. The topological polar surface area (TPSA) is 106 Å². The van der Waals surface area contributed by atoms with Gasteiger partial charge in [0.15, 0.2) is 0 Å². The lowest BCUT2D eigenvalue weighted by Crippen LogP contribution is -2.31. The summed E-state index contributed by atoms with van der Waals surface area (Å²) in [6.07, 6.45) is 0.0558. The second kappa shape index (κ2) is 8.28. The molecule has 138 valence electrons. The van der Waals surface area contributed by atoms with Gasteiger partial charge in [-0.2, -0.15) is 0 Å². The number of para-hydroxylation sites is 2. The van der Waals surface area contributed by atoms with E-state index in [1.54, 1.807) is 19.2 Å². The standard InChI is InChI=1S/C18H16N4O4S/c1-26-14-8-6-12(7-9-14)18-19-13(11-27-18)10-17(23)21-20-15-4-2-3-5-16(15)22(24)25/h2-9,11,20H,10H2,1H3,(H,21,23). The molecule has 3 rings (SSSR count). The summed E-state index contributed by atoms with van der Waals surface area (Å²) in [6, 6.07) is 13.6. The molecule has 0 saturated heterocycles. The van der Waals surface area contributed by atoms with E-state index in [2.05, 4.69) is 15.8 Å². The molecule has 8 nitrogen and oxygen atoms in total. The normalized spacial score (nSPS) is 10.3. The first kappa shape index (κ1) is 18.3. The summed E-state index contributed by atoms with van der Waals surface area (Å²) in [5.41, 5.74) is 6.70. The second-order valence-corrected chi connectivity index (χ2v) is 6.35. The minimum Gasteiger partial charge on any atom is -0.497 e. The van der Waals surface area contributed by atoms with E-state index in [1.165, 1.54) is 23.5 Å². The highest BCUT2D eigenvalue weighted by atomic mass is 32.1. The third kappa shape index (κ3) is 4.59. The number of carbonyl (C=O) groups excluding carboxylic acids is 1. The molecule has 0 aliphatic carbocycles. The number of hydrazine groups is 1. The lowest BCUT2D eigenvalue weighted by Gasteiger charge is -2.08. The van der Waals surface area contributed by atoms with E-state index in [4.69, 9.17) is 4.74 Å². The molecule has 0 aliphatic rings. The molecule has 27 heavy (non-hydrogen) atoms. The molecule has 1 amide bonds. The Morgan fingerprint density at radius 2 is 1.96 bits per heavy atom. The van der Waals surface area contributed by atoms with Gasteiger partial charge in [-0.05, 0) is 30.3 Å². The number of nitrogens with zero attached hydrogens (tertiary/aromatic N) is 2. The summed E-state index contributed by atoms with van der Waals surface area (Å²) in [4.78, 5) is 27.0. The maximum Gasteiger partial charge on any atom is 0.294 e. The predicted molar refractivity (Wildman–Crippen MR) is 103 cm³/mol. The van der Waals surface area contributed by atoms with Crippen molar-refractivity contribution in [1.29, 1.82) is 0 Å². The summed E-state index contributed by atoms with van der Waals surface area (Å²) < 4.78 is 5.13. The number of benzene rings is 2. The molecule has 2 N–H and O–H groups in total. The molecule has 0 bridgehead atoms. The minimum absolute atomic E-state index is 0.0558. The molecule has 2 aromatic carbocycles. The highest BCUT2D eigenvalue weighted by Gasteiger charge is 2.14. The molecule has 1 aromatic heterocycles. The molecule has 0 fully saturated rings. The Labute approximate surface area is 158 Å². The summed E-state index contributed by atoms with van der Waals surface area (Å²) in [5.74, 6) is 0.413. The summed E-state index contributed by atoms with van der Waals surface area (Å²) >= 11 is 1.44. The number of carbonyl (C=O) groups is 1. The van der Waals surface area contributed by atoms with E-state index in [0.717, 1.165) is 16.3 Å². The number of hydrogen-bond donors (Lipinski definition) is 2. The number of anilines is 1. The van der Waals surface area contributed by atoms with Crippen LogP contribution in [0.3, 0.4) is 0 Å². The summed E-state index contributed by atoms with van der Waals surface area (Å²) in [5, 5.41) is 13.6. The molecule has 0 saturated carbocycles. The van der Waals surface area contributed by atoms with Gasteiger partial charge in [-0.15, -0.1) is 11.3 Å². The van der Waals surface area contributed by atoms with Crippen molar-refractivity contribution in [1.82, 2.24) is 10.4 Å². The van der Waals surface area contributed by atoms with Crippen molar-refractivity contribution < 1.29 is 14.5 Å². The highest BCUT2D eigenvalue weighted by molar-refractivity contribution is 7.13. The smallest absolute Gasteiger partial charge is 0.294 e. The van der Waals surface area contributed by atoms with Crippen molar-refractivity contribution >= 4 is 28.6 Å². The Balaban J connectivity index is 1.60. The molecule has 0 unspecified atom stereocenters. The zero-order valence-electron chi connectivity index (χ0n) is 14.3. The molecule has 0 radical (unpaired) electrons. The molecular formula is C18H16N4O4S. The fraction of sp³-hybridized carbons (Fsp3) is 0.111. The zero-order valence-corrected chi connectivity index (χ0v) is 15.2. The monoisotopic (exact) mass is 384 g/mol. The third-order valence-corrected chi connectivity index (χ3v) is 4.61. The molecule has 9 heteroatoms. The molecule has 3 aromatic rings. The van der Waals surface area contributed by atoms with Crippen LogP contribution >= 0.6 is 11.3 Å². The number of aromatic nitrogens is 1. The molecule has 0 spiro atoms. The number of methoxy groups -OCH3 is 1. The van der Waals surface area contributed by atoms with Crippen LogP contribution in [0.15, 0.2) is 53.9 Å². The van der Waals surface area contributed by atoms with Gasteiger partial charge in [0.05, 0.1) is 24.1 Å². The number of ether oxygens (including phenoxy) is 1. The van der Waals surface area contributed by atoms with Gasteiger partial charge >= 0.3 is 0 Å². The van der Waals surface area contributed by atoms with Gasteiger partial charge in [0.1, 0.15) is 16.4 Å². The number of thiazole rings is 1. The van der Waals surface area contributed by atoms with Crippen molar-refractivity contribution in [2.75, 3.05) is 12.5 Å². The quantitative estimate of drug-likeness (QED) is 0.478. The van der Waals surface area contributed by atoms with Crippen LogP contribution in [0.4, 0.5) is 11.4 Å². The number of nitro benzene ring substituents is 1. The van der Waals surface area contributed by atoms with Crippen LogP contribution in [0.5, 0.6) is 5.75 Å². The minimum atomic E-state index is -0.518. The van der Waals surface area contributed by atoms with E-state index in [1.807, 2.05) is 29.6 Å². The highest BCUT2D eigenvalue weighted by Crippen LogP contribution is 2.26. The van der Waals surface area contributed by atoms with E-state index < -0.39 is 4.92 Å². The van der Waals surface area contributed by atoms with Crippen molar-refractivity contribution in [3.05, 3.63) is 69.7 Å². The number of nitro groups is 1. The Kier molecular flexibility index (Phi) is 5.62. The largest absolute Gasteiger partial charge is 0.497 e. The van der Waals surface area contributed by atoms with Gasteiger partial charge in [0.25, 0.3) is 5.69 Å². The Morgan fingerprint density at radius 3 is 2.67 bits per heavy atom. The van der Waals surface area contributed by atoms with Crippen LogP contribution in [0.1, 0.15) is 5.69 Å². The van der Waals surface area contributed by atoms with E-state index >= 15 is 0 Å². The van der Waals surface area contributed by atoms with Crippen molar-refractivity contribution in [3.63, 3.8) is 0 Å². The first-order valence-electron chi connectivity index (χ1n) is 7.94. The van der Waals surface area contributed by atoms with Crippen molar-refractivity contribution in [2.45, 2.75) is 6.42 Å². The average Bonchev–Trinajstić information content (AvgIpc) is 3.15. The van der Waals surface area contributed by atoms with Gasteiger partial charge in [0, 0.05) is 17.0 Å². The van der Waals surface area contributed by atoms with Crippen LogP contribution in [-0.4, -0.2) is 22.9 Å². The first-order valence-corrected chi connectivity index (χ1v) is 8.82.